The highest BCUT2D eigenvalue weighted by molar-refractivity contribution is 5.76. The van der Waals surface area contributed by atoms with Crippen LogP contribution < -0.4 is 0 Å². The van der Waals surface area contributed by atoms with Crippen LogP contribution in [0.5, 0.6) is 0 Å². The molecular formula is C10H19NO2. The van der Waals surface area contributed by atoms with Crippen molar-refractivity contribution < 1.29 is 9.90 Å². The molecule has 1 heterocycles. The van der Waals surface area contributed by atoms with Crippen molar-refractivity contribution in [1.29, 1.82) is 0 Å². The first-order valence-corrected chi connectivity index (χ1v) is 5.20. The van der Waals surface area contributed by atoms with Gasteiger partial charge in [0.05, 0.1) is 12.6 Å². The second-order valence-corrected chi connectivity index (χ2v) is 3.63. The highest BCUT2D eigenvalue weighted by Crippen LogP contribution is 2.17. The fraction of sp³-hybridized carbons (Fsp3) is 0.900. The molecular weight excluding hydrogens is 166 g/mol. The van der Waals surface area contributed by atoms with Crippen molar-refractivity contribution in [2.45, 2.75) is 45.1 Å². The van der Waals surface area contributed by atoms with Gasteiger partial charge in [-0.25, -0.2) is 0 Å². The van der Waals surface area contributed by atoms with Crippen molar-refractivity contribution in [2.75, 3.05) is 13.2 Å². The van der Waals surface area contributed by atoms with Gasteiger partial charge >= 0.3 is 0 Å². The number of amides is 1. The van der Waals surface area contributed by atoms with Gasteiger partial charge in [-0.15, -0.1) is 0 Å². The van der Waals surface area contributed by atoms with Crippen LogP contribution in [0.4, 0.5) is 0 Å². The summed E-state index contributed by atoms with van der Waals surface area (Å²) in [5, 5.41) is 9.14. The lowest BCUT2D eigenvalue weighted by Gasteiger charge is -2.28. The molecule has 0 aromatic carbocycles. The Labute approximate surface area is 79.7 Å². The molecule has 1 atom stereocenters. The lowest BCUT2D eigenvalue weighted by atomic mass is 10.1. The van der Waals surface area contributed by atoms with Gasteiger partial charge in [0, 0.05) is 13.0 Å². The van der Waals surface area contributed by atoms with E-state index in [9.17, 15) is 4.79 Å². The van der Waals surface area contributed by atoms with E-state index in [2.05, 4.69) is 0 Å². The van der Waals surface area contributed by atoms with Gasteiger partial charge < -0.3 is 10.0 Å². The summed E-state index contributed by atoms with van der Waals surface area (Å²) in [5.41, 5.74) is 0. The Hall–Kier alpha value is -0.570. The van der Waals surface area contributed by atoms with Crippen LogP contribution in [-0.4, -0.2) is 35.1 Å². The van der Waals surface area contributed by atoms with Crippen LogP contribution in [0.25, 0.3) is 0 Å². The van der Waals surface area contributed by atoms with Crippen LogP contribution in [0, 0.1) is 0 Å². The third-order valence-electron chi connectivity index (χ3n) is 2.71. The third kappa shape index (κ3) is 2.69. The zero-order valence-electron chi connectivity index (χ0n) is 8.33. The number of likely N-dealkylation sites (tertiary alicyclic amines) is 1. The van der Waals surface area contributed by atoms with E-state index in [1.807, 2.05) is 11.8 Å². The number of aliphatic hydroxyl groups is 1. The van der Waals surface area contributed by atoms with Crippen LogP contribution in [0.1, 0.15) is 39.0 Å². The quantitative estimate of drug-likeness (QED) is 0.701. The molecule has 1 fully saturated rings. The first-order valence-electron chi connectivity index (χ1n) is 5.20. The predicted octanol–water partition coefficient (Wildman–Crippen LogP) is 1.16. The lowest BCUT2D eigenvalue weighted by Crippen LogP contribution is -2.41. The third-order valence-corrected chi connectivity index (χ3v) is 2.71. The SMILES string of the molecule is CCC(=O)N1CCCCCC1CO. The van der Waals surface area contributed by atoms with Crippen LogP contribution in [0.15, 0.2) is 0 Å². The summed E-state index contributed by atoms with van der Waals surface area (Å²) in [6.07, 6.45) is 4.92. The van der Waals surface area contributed by atoms with Gasteiger partial charge in [-0.3, -0.25) is 4.79 Å². The summed E-state index contributed by atoms with van der Waals surface area (Å²) >= 11 is 0. The van der Waals surface area contributed by atoms with Crippen LogP contribution in [0.3, 0.4) is 0 Å². The number of carbonyl (C=O) groups is 1. The maximum atomic E-state index is 11.5. The molecule has 1 aliphatic heterocycles. The molecule has 0 aliphatic carbocycles. The molecule has 0 radical (unpaired) electrons. The number of aliphatic hydroxyl groups excluding tert-OH is 1. The normalized spacial score (nSPS) is 24.2. The van der Waals surface area contributed by atoms with E-state index in [1.165, 1.54) is 6.42 Å². The fourth-order valence-corrected chi connectivity index (χ4v) is 1.90. The Morgan fingerprint density at radius 2 is 2.23 bits per heavy atom. The van der Waals surface area contributed by atoms with Gasteiger partial charge in [-0.2, -0.15) is 0 Å². The number of nitrogens with zero attached hydrogens (tertiary/aromatic N) is 1. The summed E-state index contributed by atoms with van der Waals surface area (Å²) < 4.78 is 0. The van der Waals surface area contributed by atoms with Crippen molar-refractivity contribution in [3.05, 3.63) is 0 Å². The topological polar surface area (TPSA) is 40.5 Å². The summed E-state index contributed by atoms with van der Waals surface area (Å²) in [7, 11) is 0. The summed E-state index contributed by atoms with van der Waals surface area (Å²) in [4.78, 5) is 13.4. The number of carbonyl (C=O) groups excluding carboxylic acids is 1. The van der Waals surface area contributed by atoms with E-state index in [0.717, 1.165) is 25.8 Å². The van der Waals surface area contributed by atoms with Gasteiger partial charge in [-0.05, 0) is 12.8 Å². The minimum Gasteiger partial charge on any atom is -0.394 e. The Morgan fingerprint density at radius 1 is 1.46 bits per heavy atom. The van der Waals surface area contributed by atoms with E-state index in [0.29, 0.717) is 6.42 Å². The molecule has 1 N–H and O–H groups in total. The minimum absolute atomic E-state index is 0.0787. The summed E-state index contributed by atoms with van der Waals surface area (Å²) in [6, 6.07) is 0.0787. The van der Waals surface area contributed by atoms with Crippen molar-refractivity contribution in [3.8, 4) is 0 Å². The largest absolute Gasteiger partial charge is 0.394 e. The average Bonchev–Trinajstić information content (AvgIpc) is 2.41. The summed E-state index contributed by atoms with van der Waals surface area (Å²) in [5.74, 6) is 0.181. The smallest absolute Gasteiger partial charge is 0.222 e. The van der Waals surface area contributed by atoms with Gasteiger partial charge in [0.2, 0.25) is 5.91 Å². The number of hydrogen-bond acceptors (Lipinski definition) is 2. The lowest BCUT2D eigenvalue weighted by molar-refractivity contribution is -0.134. The Balaban J connectivity index is 2.58. The van der Waals surface area contributed by atoms with Crippen molar-refractivity contribution in [2.24, 2.45) is 0 Å². The Bertz CT molecular complexity index is 170. The van der Waals surface area contributed by atoms with Crippen LogP contribution >= 0.6 is 0 Å². The van der Waals surface area contributed by atoms with Gasteiger partial charge in [-0.1, -0.05) is 19.8 Å². The first kappa shape index (κ1) is 10.5. The van der Waals surface area contributed by atoms with Gasteiger partial charge in [0.25, 0.3) is 0 Å². The Morgan fingerprint density at radius 3 is 2.85 bits per heavy atom. The number of rotatable bonds is 2. The maximum Gasteiger partial charge on any atom is 0.222 e. The fourth-order valence-electron chi connectivity index (χ4n) is 1.90. The van der Waals surface area contributed by atoms with Crippen molar-refractivity contribution in [3.63, 3.8) is 0 Å². The molecule has 1 amide bonds. The molecule has 0 bridgehead atoms. The van der Waals surface area contributed by atoms with Crippen LogP contribution in [0.2, 0.25) is 0 Å². The molecule has 1 aliphatic rings. The molecule has 76 valence electrons. The molecule has 0 aromatic heterocycles. The van der Waals surface area contributed by atoms with E-state index in [-0.39, 0.29) is 18.6 Å². The van der Waals surface area contributed by atoms with E-state index in [1.54, 1.807) is 0 Å². The molecule has 0 saturated carbocycles. The van der Waals surface area contributed by atoms with Crippen molar-refractivity contribution >= 4 is 5.91 Å². The van der Waals surface area contributed by atoms with E-state index < -0.39 is 0 Å². The molecule has 3 nitrogen and oxygen atoms in total. The highest BCUT2D eigenvalue weighted by atomic mass is 16.3. The van der Waals surface area contributed by atoms with Crippen molar-refractivity contribution in [1.82, 2.24) is 4.90 Å². The molecule has 3 heteroatoms. The van der Waals surface area contributed by atoms with E-state index in [4.69, 9.17) is 5.11 Å². The Kier molecular flexibility index (Phi) is 4.22. The monoisotopic (exact) mass is 185 g/mol. The standard InChI is InChI=1S/C10H19NO2/c1-2-10(13)11-7-5-3-4-6-9(11)8-12/h9,12H,2-8H2,1H3. The second-order valence-electron chi connectivity index (χ2n) is 3.63. The molecule has 0 aromatic rings. The summed E-state index contributed by atoms with van der Waals surface area (Å²) in [6.45, 7) is 2.82. The zero-order valence-corrected chi connectivity index (χ0v) is 8.33. The predicted molar refractivity (Wildman–Crippen MR) is 51.3 cm³/mol. The first-order chi connectivity index (χ1) is 6.29. The van der Waals surface area contributed by atoms with Gasteiger partial charge in [0.1, 0.15) is 0 Å². The molecule has 0 spiro atoms. The zero-order chi connectivity index (χ0) is 9.68. The minimum atomic E-state index is 0.0787. The van der Waals surface area contributed by atoms with Crippen LogP contribution in [-0.2, 0) is 4.79 Å². The maximum absolute atomic E-state index is 11.5. The molecule has 1 unspecified atom stereocenters. The van der Waals surface area contributed by atoms with Gasteiger partial charge in [0.15, 0.2) is 0 Å². The number of hydrogen-bond donors (Lipinski definition) is 1. The average molecular weight is 185 g/mol. The molecule has 13 heavy (non-hydrogen) atoms. The second kappa shape index (κ2) is 5.22. The van der Waals surface area contributed by atoms with E-state index >= 15 is 0 Å². The highest BCUT2D eigenvalue weighted by Gasteiger charge is 2.23. The molecule has 1 rings (SSSR count). The molecule has 1 saturated heterocycles.